The van der Waals surface area contributed by atoms with Crippen molar-refractivity contribution < 1.29 is 4.79 Å². The van der Waals surface area contributed by atoms with Crippen molar-refractivity contribution in [2.75, 3.05) is 38.1 Å². The number of likely N-dealkylation sites (N-methyl/N-ethyl adjacent to an activating group) is 1. The number of hydrogen-bond acceptors (Lipinski definition) is 9. The van der Waals surface area contributed by atoms with Crippen LogP contribution in [-0.2, 0) is 6.42 Å². The van der Waals surface area contributed by atoms with E-state index >= 15 is 0 Å². The Morgan fingerprint density at radius 3 is 2.65 bits per heavy atom. The van der Waals surface area contributed by atoms with Crippen molar-refractivity contribution in [1.29, 1.82) is 0 Å². The first-order chi connectivity index (χ1) is 15.2. The van der Waals surface area contributed by atoms with Crippen molar-refractivity contribution in [2.24, 2.45) is 0 Å². The monoisotopic (exact) mass is 431 g/mol. The quantitative estimate of drug-likeness (QED) is 0.446. The third-order valence-electron chi connectivity index (χ3n) is 5.47. The molecule has 0 amide bonds. The van der Waals surface area contributed by atoms with Gasteiger partial charge in [0.05, 0.1) is 18.1 Å². The van der Waals surface area contributed by atoms with E-state index in [1.807, 2.05) is 24.3 Å². The zero-order valence-corrected chi connectivity index (χ0v) is 17.9. The predicted molar refractivity (Wildman–Crippen MR) is 120 cm³/mol. The largest absolute Gasteiger partial charge is 0.354 e. The first-order valence-electron chi connectivity index (χ1n) is 10.1. The fourth-order valence-electron chi connectivity index (χ4n) is 3.63. The predicted octanol–water partition coefficient (Wildman–Crippen LogP) is 2.72. The number of aromatic nitrogens is 5. The summed E-state index contributed by atoms with van der Waals surface area (Å²) in [6.45, 7) is 3.94. The summed E-state index contributed by atoms with van der Waals surface area (Å²) in [5, 5.41) is 9.72. The van der Waals surface area contributed by atoms with E-state index in [4.69, 9.17) is 0 Å². The van der Waals surface area contributed by atoms with Crippen LogP contribution in [0.15, 0.2) is 48.4 Å². The van der Waals surface area contributed by atoms with E-state index in [9.17, 15) is 4.79 Å². The maximum Gasteiger partial charge on any atom is 0.170 e. The summed E-state index contributed by atoms with van der Waals surface area (Å²) in [4.78, 5) is 30.8. The highest BCUT2D eigenvalue weighted by molar-refractivity contribution is 7.12. The van der Waals surface area contributed by atoms with Crippen LogP contribution >= 0.6 is 11.3 Å². The van der Waals surface area contributed by atoms with Crippen molar-refractivity contribution in [3.63, 3.8) is 0 Å². The second-order valence-corrected chi connectivity index (χ2v) is 8.46. The molecule has 0 atom stereocenters. The van der Waals surface area contributed by atoms with Crippen LogP contribution in [0.4, 0.5) is 5.82 Å². The lowest BCUT2D eigenvalue weighted by Gasteiger charge is -2.33. The van der Waals surface area contributed by atoms with E-state index in [1.54, 1.807) is 24.1 Å². The molecule has 0 bridgehead atoms. The number of pyridine rings is 3. The number of Topliss-reactive ketones (excluding diaryl/α,β-unsaturated/α-hetero) is 1. The lowest BCUT2D eigenvalue weighted by atomic mass is 10.1. The molecular formula is C22H21N7OS. The standard InChI is InChI=1S/C22H21N7OS/c1-28-4-6-29(7-5-28)21-3-2-15(11-25-21)20(30)10-18-9-16-8-17(22-27-26-14-31-22)12-24-19(16)13-23-18/h2-3,8-9,11-14H,4-7,10H2,1H3. The van der Waals surface area contributed by atoms with Gasteiger partial charge in [-0.05, 0) is 31.3 Å². The summed E-state index contributed by atoms with van der Waals surface area (Å²) in [6, 6.07) is 7.71. The van der Waals surface area contributed by atoms with Gasteiger partial charge in [-0.3, -0.25) is 14.8 Å². The molecule has 9 heteroatoms. The van der Waals surface area contributed by atoms with Crippen LogP contribution in [-0.4, -0.2) is 69.1 Å². The number of rotatable bonds is 5. The SMILES string of the molecule is CN1CCN(c2ccc(C(=O)Cc3cc4cc(-c5nncs5)cnc4cn3)cn2)CC1. The first-order valence-corrected chi connectivity index (χ1v) is 11.0. The Kier molecular flexibility index (Phi) is 5.35. The number of nitrogens with zero attached hydrogens (tertiary/aromatic N) is 7. The van der Waals surface area contributed by atoms with Crippen LogP contribution < -0.4 is 4.90 Å². The molecule has 4 aromatic heterocycles. The van der Waals surface area contributed by atoms with Crippen molar-refractivity contribution in [2.45, 2.75) is 6.42 Å². The van der Waals surface area contributed by atoms with Gasteiger partial charge >= 0.3 is 0 Å². The third-order valence-corrected chi connectivity index (χ3v) is 6.21. The van der Waals surface area contributed by atoms with E-state index in [1.165, 1.54) is 11.3 Å². The van der Waals surface area contributed by atoms with E-state index in [0.29, 0.717) is 11.3 Å². The van der Waals surface area contributed by atoms with Crippen LogP contribution in [0.5, 0.6) is 0 Å². The minimum Gasteiger partial charge on any atom is -0.354 e. The van der Waals surface area contributed by atoms with Gasteiger partial charge in [0.15, 0.2) is 5.78 Å². The molecule has 1 fully saturated rings. The first kappa shape index (κ1) is 19.7. The Hall–Kier alpha value is -3.30. The number of fused-ring (bicyclic) bond motifs is 1. The Balaban J connectivity index is 1.31. The normalized spacial score (nSPS) is 14.8. The maximum atomic E-state index is 12.8. The molecule has 1 aliphatic heterocycles. The Morgan fingerprint density at radius 1 is 1.03 bits per heavy atom. The lowest BCUT2D eigenvalue weighted by molar-refractivity contribution is 0.0991. The Bertz CT molecular complexity index is 1200. The van der Waals surface area contributed by atoms with Gasteiger partial charge < -0.3 is 9.80 Å². The number of ketones is 1. The molecule has 0 radical (unpaired) electrons. The zero-order valence-electron chi connectivity index (χ0n) is 17.1. The molecular weight excluding hydrogens is 410 g/mol. The molecule has 0 saturated carbocycles. The molecule has 0 spiro atoms. The minimum absolute atomic E-state index is 0.00230. The van der Waals surface area contributed by atoms with Gasteiger partial charge in [-0.2, -0.15) is 0 Å². The summed E-state index contributed by atoms with van der Waals surface area (Å²) < 4.78 is 0. The second kappa shape index (κ2) is 8.44. The van der Waals surface area contributed by atoms with Gasteiger partial charge in [-0.25, -0.2) is 4.98 Å². The van der Waals surface area contributed by atoms with Crippen LogP contribution in [0.2, 0.25) is 0 Å². The fraction of sp³-hybridized carbons (Fsp3) is 0.273. The number of anilines is 1. The number of carbonyl (C=O) groups excluding carboxylic acids is 1. The van der Waals surface area contributed by atoms with Crippen LogP contribution in [0.3, 0.4) is 0 Å². The minimum atomic E-state index is -0.00230. The van der Waals surface area contributed by atoms with Gasteiger partial charge in [0.25, 0.3) is 0 Å². The summed E-state index contributed by atoms with van der Waals surface area (Å²) in [5.41, 5.74) is 4.68. The molecule has 0 unspecified atom stereocenters. The highest BCUT2D eigenvalue weighted by atomic mass is 32.1. The smallest absolute Gasteiger partial charge is 0.170 e. The molecule has 0 aliphatic carbocycles. The van der Waals surface area contributed by atoms with Crippen molar-refractivity contribution >= 4 is 33.8 Å². The molecule has 0 N–H and O–H groups in total. The van der Waals surface area contributed by atoms with Crippen molar-refractivity contribution in [3.05, 3.63) is 59.6 Å². The maximum absolute atomic E-state index is 12.8. The molecule has 31 heavy (non-hydrogen) atoms. The number of piperazine rings is 1. The van der Waals surface area contributed by atoms with Crippen molar-refractivity contribution in [1.82, 2.24) is 30.0 Å². The zero-order chi connectivity index (χ0) is 21.2. The number of hydrogen-bond donors (Lipinski definition) is 0. The Labute approximate surface area is 183 Å². The average molecular weight is 432 g/mol. The molecule has 5 heterocycles. The Morgan fingerprint density at radius 2 is 1.90 bits per heavy atom. The van der Waals surface area contributed by atoms with E-state index in [0.717, 1.165) is 53.5 Å². The average Bonchev–Trinajstić information content (AvgIpc) is 3.34. The van der Waals surface area contributed by atoms with Gasteiger partial charge in [0, 0.05) is 60.8 Å². The third kappa shape index (κ3) is 4.28. The van der Waals surface area contributed by atoms with Gasteiger partial charge in [-0.1, -0.05) is 11.3 Å². The summed E-state index contributed by atoms with van der Waals surface area (Å²) in [6.07, 6.45) is 5.36. The second-order valence-electron chi connectivity index (χ2n) is 7.63. The van der Waals surface area contributed by atoms with Crippen LogP contribution in [0.1, 0.15) is 16.1 Å². The van der Waals surface area contributed by atoms with E-state index in [2.05, 4.69) is 42.0 Å². The van der Waals surface area contributed by atoms with Gasteiger partial charge in [-0.15, -0.1) is 10.2 Å². The van der Waals surface area contributed by atoms with Gasteiger partial charge in [0.1, 0.15) is 16.3 Å². The highest BCUT2D eigenvalue weighted by Crippen LogP contribution is 2.24. The fourth-order valence-corrected chi connectivity index (χ4v) is 4.17. The molecule has 4 aromatic rings. The molecule has 1 saturated heterocycles. The summed E-state index contributed by atoms with van der Waals surface area (Å²) in [5.74, 6) is 0.918. The topological polar surface area (TPSA) is 88.0 Å². The van der Waals surface area contributed by atoms with E-state index in [-0.39, 0.29) is 12.2 Å². The molecule has 156 valence electrons. The van der Waals surface area contributed by atoms with Gasteiger partial charge in [0.2, 0.25) is 0 Å². The highest BCUT2D eigenvalue weighted by Gasteiger charge is 2.16. The van der Waals surface area contributed by atoms with E-state index < -0.39 is 0 Å². The summed E-state index contributed by atoms with van der Waals surface area (Å²) >= 11 is 1.46. The molecule has 8 nitrogen and oxygen atoms in total. The summed E-state index contributed by atoms with van der Waals surface area (Å²) in [7, 11) is 2.13. The molecule has 1 aliphatic rings. The molecule has 0 aromatic carbocycles. The molecule has 5 rings (SSSR count). The lowest BCUT2D eigenvalue weighted by Crippen LogP contribution is -2.44. The number of carbonyl (C=O) groups is 1. The van der Waals surface area contributed by atoms with Crippen LogP contribution in [0, 0.1) is 0 Å². The van der Waals surface area contributed by atoms with Crippen molar-refractivity contribution in [3.8, 4) is 10.6 Å². The van der Waals surface area contributed by atoms with Crippen LogP contribution in [0.25, 0.3) is 21.5 Å².